The molecule has 3 aromatic carbocycles. The first-order valence-electron chi connectivity index (χ1n) is 11.6. The summed E-state index contributed by atoms with van der Waals surface area (Å²) in [5.74, 6) is 0.470. The van der Waals surface area contributed by atoms with Crippen LogP contribution in [0.3, 0.4) is 0 Å². The Labute approximate surface area is 227 Å². The number of thiophene rings is 1. The molecule has 8 nitrogen and oxygen atoms in total. The van der Waals surface area contributed by atoms with Gasteiger partial charge in [-0.25, -0.2) is 0 Å². The van der Waals surface area contributed by atoms with Crippen LogP contribution in [0, 0.1) is 0 Å². The molecular formula is C28H22N6O2S2. The zero-order chi connectivity index (χ0) is 26.2. The largest absolute Gasteiger partial charge is 0.321 e. The van der Waals surface area contributed by atoms with Crippen LogP contribution in [0.1, 0.15) is 21.1 Å². The van der Waals surface area contributed by atoms with Crippen LogP contribution in [0.15, 0.2) is 113 Å². The highest BCUT2D eigenvalue weighted by Gasteiger charge is 2.16. The number of hydrogen-bond acceptors (Lipinski definition) is 7. The van der Waals surface area contributed by atoms with Gasteiger partial charge in [0.1, 0.15) is 5.70 Å². The molecule has 0 fully saturated rings. The number of rotatable bonds is 9. The van der Waals surface area contributed by atoms with Crippen molar-refractivity contribution < 1.29 is 9.59 Å². The minimum Gasteiger partial charge on any atom is -0.321 e. The molecular weight excluding hydrogens is 516 g/mol. The number of para-hydroxylation sites is 1. The van der Waals surface area contributed by atoms with Crippen molar-refractivity contribution in [3.63, 3.8) is 0 Å². The molecule has 188 valence electrons. The molecule has 0 unspecified atom stereocenters. The highest BCUT2D eigenvalue weighted by atomic mass is 32.2. The normalized spacial score (nSPS) is 11.2. The Morgan fingerprint density at radius 2 is 1.71 bits per heavy atom. The Balaban J connectivity index is 1.29. The SMILES string of the molecule is O=C(Nc1cccc(SCc2nnnn2-c2ccccc2)c1)/C(=C\c1cccs1)NC(=O)c1ccccc1. The van der Waals surface area contributed by atoms with Gasteiger partial charge >= 0.3 is 0 Å². The summed E-state index contributed by atoms with van der Waals surface area (Å²) in [7, 11) is 0. The first kappa shape index (κ1) is 25.1. The lowest BCUT2D eigenvalue weighted by atomic mass is 10.2. The van der Waals surface area contributed by atoms with E-state index in [0.29, 0.717) is 22.8 Å². The number of aromatic nitrogens is 4. The predicted molar refractivity (Wildman–Crippen MR) is 150 cm³/mol. The Bertz CT molecular complexity index is 1550. The molecule has 2 amide bonds. The van der Waals surface area contributed by atoms with Gasteiger partial charge in [0, 0.05) is 21.0 Å². The maximum atomic E-state index is 13.2. The van der Waals surface area contributed by atoms with E-state index in [-0.39, 0.29) is 11.6 Å². The minimum atomic E-state index is -0.419. The number of thioether (sulfide) groups is 1. The molecule has 0 saturated carbocycles. The number of carbonyl (C=O) groups is 2. The number of nitrogens with zero attached hydrogens (tertiary/aromatic N) is 4. The average molecular weight is 539 g/mol. The molecule has 38 heavy (non-hydrogen) atoms. The number of anilines is 1. The van der Waals surface area contributed by atoms with Gasteiger partial charge in [0.15, 0.2) is 5.82 Å². The summed E-state index contributed by atoms with van der Waals surface area (Å²) >= 11 is 3.03. The van der Waals surface area contributed by atoms with Crippen molar-refractivity contribution in [1.29, 1.82) is 0 Å². The van der Waals surface area contributed by atoms with Crippen LogP contribution in [0.2, 0.25) is 0 Å². The van der Waals surface area contributed by atoms with E-state index in [0.717, 1.165) is 15.5 Å². The fourth-order valence-corrected chi connectivity index (χ4v) is 5.05. The molecule has 2 aromatic heterocycles. The molecule has 0 spiro atoms. The number of nitrogens with one attached hydrogen (secondary N) is 2. The van der Waals surface area contributed by atoms with Crippen molar-refractivity contribution in [2.75, 3.05) is 5.32 Å². The lowest BCUT2D eigenvalue weighted by molar-refractivity contribution is -0.113. The van der Waals surface area contributed by atoms with E-state index in [4.69, 9.17) is 0 Å². The standard InChI is InChI=1S/C28H22N6O2S2/c35-27(20-9-3-1-4-10-20)30-25(18-24-15-8-16-37-24)28(36)29-21-11-7-14-23(17-21)38-19-26-31-32-33-34(26)22-12-5-2-6-13-22/h1-18H,19H2,(H,29,36)(H,30,35)/b25-18+. The van der Waals surface area contributed by atoms with Crippen molar-refractivity contribution in [2.24, 2.45) is 0 Å². The van der Waals surface area contributed by atoms with Crippen molar-refractivity contribution in [1.82, 2.24) is 25.5 Å². The first-order valence-corrected chi connectivity index (χ1v) is 13.5. The topological polar surface area (TPSA) is 102 Å². The second kappa shape index (κ2) is 12.1. The van der Waals surface area contributed by atoms with Crippen LogP contribution in [-0.4, -0.2) is 32.0 Å². The molecule has 0 aliphatic heterocycles. The maximum absolute atomic E-state index is 13.2. The molecule has 0 aliphatic carbocycles. The first-order chi connectivity index (χ1) is 18.7. The monoisotopic (exact) mass is 538 g/mol. The molecule has 0 atom stereocenters. The van der Waals surface area contributed by atoms with Gasteiger partial charge in [0.05, 0.1) is 11.4 Å². The van der Waals surface area contributed by atoms with Gasteiger partial charge in [0.25, 0.3) is 11.8 Å². The highest BCUT2D eigenvalue weighted by molar-refractivity contribution is 7.98. The van der Waals surface area contributed by atoms with Crippen LogP contribution in [0.4, 0.5) is 5.69 Å². The van der Waals surface area contributed by atoms with Crippen molar-refractivity contribution >= 4 is 46.7 Å². The number of benzene rings is 3. The summed E-state index contributed by atoms with van der Waals surface area (Å²) in [6, 6.07) is 29.7. The fourth-order valence-electron chi connectivity index (χ4n) is 3.53. The average Bonchev–Trinajstić information content (AvgIpc) is 3.65. The summed E-state index contributed by atoms with van der Waals surface area (Å²) in [4.78, 5) is 27.8. The summed E-state index contributed by atoms with van der Waals surface area (Å²) < 4.78 is 1.70. The van der Waals surface area contributed by atoms with Gasteiger partial charge in [-0.15, -0.1) is 28.2 Å². The Morgan fingerprint density at radius 3 is 2.47 bits per heavy atom. The van der Waals surface area contributed by atoms with Gasteiger partial charge in [-0.2, -0.15) is 4.68 Å². The summed E-state index contributed by atoms with van der Waals surface area (Å²) in [5.41, 5.74) is 2.11. The summed E-state index contributed by atoms with van der Waals surface area (Å²) in [5, 5.41) is 19.6. The zero-order valence-electron chi connectivity index (χ0n) is 20.0. The maximum Gasteiger partial charge on any atom is 0.272 e. The van der Waals surface area contributed by atoms with Gasteiger partial charge in [-0.05, 0) is 70.4 Å². The zero-order valence-corrected chi connectivity index (χ0v) is 21.7. The van der Waals surface area contributed by atoms with Gasteiger partial charge < -0.3 is 10.6 Å². The van der Waals surface area contributed by atoms with Crippen molar-refractivity contribution in [3.05, 3.63) is 124 Å². The van der Waals surface area contributed by atoms with E-state index in [2.05, 4.69) is 26.2 Å². The molecule has 0 bridgehead atoms. The summed E-state index contributed by atoms with van der Waals surface area (Å²) in [6.07, 6.45) is 1.67. The molecule has 10 heteroatoms. The number of carbonyl (C=O) groups excluding carboxylic acids is 2. The Hall–Kier alpha value is -4.54. The van der Waals surface area contributed by atoms with Gasteiger partial charge in [-0.3, -0.25) is 9.59 Å². The smallest absolute Gasteiger partial charge is 0.272 e. The molecule has 5 rings (SSSR count). The van der Waals surface area contributed by atoms with Crippen molar-refractivity contribution in [2.45, 2.75) is 10.6 Å². The van der Waals surface area contributed by atoms with E-state index in [1.165, 1.54) is 11.3 Å². The van der Waals surface area contributed by atoms with E-state index in [1.54, 1.807) is 52.9 Å². The lowest BCUT2D eigenvalue weighted by Crippen LogP contribution is -2.30. The van der Waals surface area contributed by atoms with Crippen molar-refractivity contribution in [3.8, 4) is 5.69 Å². The fraction of sp³-hybridized carbons (Fsp3) is 0.0357. The van der Waals surface area contributed by atoms with Crippen LogP contribution >= 0.6 is 23.1 Å². The van der Waals surface area contributed by atoms with Crippen LogP contribution < -0.4 is 10.6 Å². The Morgan fingerprint density at radius 1 is 0.921 bits per heavy atom. The third-order valence-electron chi connectivity index (χ3n) is 5.35. The van der Waals surface area contributed by atoms with Crippen LogP contribution in [0.25, 0.3) is 11.8 Å². The second-order valence-corrected chi connectivity index (χ2v) is 10.0. The van der Waals surface area contributed by atoms with Crippen LogP contribution in [0.5, 0.6) is 0 Å². The highest BCUT2D eigenvalue weighted by Crippen LogP contribution is 2.25. The number of amides is 2. The van der Waals surface area contributed by atoms with Crippen LogP contribution in [-0.2, 0) is 10.5 Å². The predicted octanol–water partition coefficient (Wildman–Crippen LogP) is 5.43. The van der Waals surface area contributed by atoms with Gasteiger partial charge in [0.2, 0.25) is 0 Å². The lowest BCUT2D eigenvalue weighted by Gasteiger charge is -2.12. The molecule has 5 aromatic rings. The number of hydrogen-bond donors (Lipinski definition) is 2. The summed E-state index contributed by atoms with van der Waals surface area (Å²) in [6.45, 7) is 0. The molecule has 0 saturated heterocycles. The Kier molecular flexibility index (Phi) is 8.02. The second-order valence-electron chi connectivity index (χ2n) is 8.01. The molecule has 2 N–H and O–H groups in total. The number of tetrazole rings is 1. The quantitative estimate of drug-likeness (QED) is 0.192. The van der Waals surface area contributed by atoms with E-state index < -0.39 is 5.91 Å². The molecule has 0 radical (unpaired) electrons. The molecule has 0 aliphatic rings. The molecule has 2 heterocycles. The third kappa shape index (κ3) is 6.41. The van der Waals surface area contributed by atoms with E-state index >= 15 is 0 Å². The van der Waals surface area contributed by atoms with E-state index in [9.17, 15) is 9.59 Å². The minimum absolute atomic E-state index is 0.154. The van der Waals surface area contributed by atoms with Gasteiger partial charge in [-0.1, -0.05) is 48.5 Å². The van der Waals surface area contributed by atoms with E-state index in [1.807, 2.05) is 72.1 Å². The third-order valence-corrected chi connectivity index (χ3v) is 7.16.